The van der Waals surface area contributed by atoms with Crippen LogP contribution in [0.2, 0.25) is 0 Å². The minimum atomic E-state index is -0.345. The molecular formula is C23H22BrN3O2. The van der Waals surface area contributed by atoms with Crippen LogP contribution < -0.4 is 0 Å². The molecule has 0 saturated carbocycles. The number of likely N-dealkylation sites (tertiary alicyclic amines) is 1. The summed E-state index contributed by atoms with van der Waals surface area (Å²) in [5, 5.41) is 4.41. The van der Waals surface area contributed by atoms with Crippen LogP contribution >= 0.6 is 15.9 Å². The third-order valence-electron chi connectivity index (χ3n) is 6.02. The minimum Gasteiger partial charge on any atom is -0.436 e. The average molecular weight is 452 g/mol. The predicted octanol–water partition coefficient (Wildman–Crippen LogP) is 5.58. The summed E-state index contributed by atoms with van der Waals surface area (Å²) in [7, 11) is 0. The van der Waals surface area contributed by atoms with Gasteiger partial charge in [-0.3, -0.25) is 4.68 Å². The number of fused-ring (bicyclic) bond motifs is 3. The highest BCUT2D eigenvalue weighted by molar-refractivity contribution is 9.10. The molecule has 2 heterocycles. The summed E-state index contributed by atoms with van der Waals surface area (Å²) < 4.78 is 9.05. The number of aromatic nitrogens is 2. The van der Waals surface area contributed by atoms with Crippen molar-refractivity contribution in [3.63, 3.8) is 0 Å². The third-order valence-corrected chi connectivity index (χ3v) is 6.43. The summed E-state index contributed by atoms with van der Waals surface area (Å²) in [5.41, 5.74) is 4.42. The molecule has 0 radical (unpaired) electrons. The number of nitrogens with zero attached hydrogens (tertiary/aromatic N) is 3. The highest BCUT2D eigenvalue weighted by atomic mass is 79.9. The molecule has 29 heavy (non-hydrogen) atoms. The first-order valence-corrected chi connectivity index (χ1v) is 10.8. The van der Waals surface area contributed by atoms with Crippen LogP contribution in [0.25, 0.3) is 11.1 Å². The molecule has 2 unspecified atom stereocenters. The summed E-state index contributed by atoms with van der Waals surface area (Å²) >= 11 is 3.46. The van der Waals surface area contributed by atoms with Crippen LogP contribution in [0.4, 0.5) is 4.79 Å². The highest BCUT2D eigenvalue weighted by Gasteiger charge is 2.35. The maximum atomic E-state index is 13.1. The molecule has 5 rings (SSSR count). The van der Waals surface area contributed by atoms with Gasteiger partial charge >= 0.3 is 6.09 Å². The minimum absolute atomic E-state index is 0.0936. The molecule has 1 aliphatic heterocycles. The monoisotopic (exact) mass is 451 g/mol. The van der Waals surface area contributed by atoms with Gasteiger partial charge in [-0.25, -0.2) is 4.79 Å². The van der Waals surface area contributed by atoms with E-state index in [1.165, 1.54) is 0 Å². The second-order valence-electron chi connectivity index (χ2n) is 7.80. The number of rotatable bonds is 2. The van der Waals surface area contributed by atoms with E-state index in [9.17, 15) is 4.79 Å². The van der Waals surface area contributed by atoms with E-state index in [2.05, 4.69) is 52.2 Å². The van der Waals surface area contributed by atoms with Crippen molar-refractivity contribution in [3.05, 3.63) is 76.5 Å². The van der Waals surface area contributed by atoms with E-state index in [1.54, 1.807) is 6.20 Å². The summed E-state index contributed by atoms with van der Waals surface area (Å²) in [6.07, 6.45) is 4.95. The molecule has 3 aromatic rings. The van der Waals surface area contributed by atoms with E-state index in [0.29, 0.717) is 12.6 Å². The zero-order valence-electron chi connectivity index (χ0n) is 16.2. The summed E-state index contributed by atoms with van der Waals surface area (Å²) in [5.74, 6) is 0. The molecule has 1 aromatic heterocycles. The van der Waals surface area contributed by atoms with Crippen molar-refractivity contribution >= 4 is 22.0 Å². The maximum Gasteiger partial charge on any atom is 0.410 e. The fourth-order valence-electron chi connectivity index (χ4n) is 4.58. The summed E-state index contributed by atoms with van der Waals surface area (Å²) in [6, 6.07) is 16.8. The van der Waals surface area contributed by atoms with Gasteiger partial charge in [0.1, 0.15) is 0 Å². The van der Waals surface area contributed by atoms with Crippen molar-refractivity contribution in [3.8, 4) is 11.1 Å². The van der Waals surface area contributed by atoms with Crippen LogP contribution in [0.5, 0.6) is 0 Å². The molecule has 1 saturated heterocycles. The Bertz CT molecular complexity index is 1020. The first-order valence-electron chi connectivity index (χ1n) is 9.97. The SMILES string of the molecule is CC1CC(n2cc(Br)cn2)CCN1C(=O)OC1c2ccccc2-c2ccccc21. The number of hydrogen-bond donors (Lipinski definition) is 0. The summed E-state index contributed by atoms with van der Waals surface area (Å²) in [4.78, 5) is 15.0. The van der Waals surface area contributed by atoms with Crippen LogP contribution in [-0.4, -0.2) is 33.4 Å². The van der Waals surface area contributed by atoms with Crippen LogP contribution in [-0.2, 0) is 4.74 Å². The number of hydrogen-bond acceptors (Lipinski definition) is 3. The second kappa shape index (κ2) is 7.34. The van der Waals surface area contributed by atoms with Gasteiger partial charge in [-0.1, -0.05) is 48.5 Å². The second-order valence-corrected chi connectivity index (χ2v) is 8.71. The number of ether oxygens (including phenoxy) is 1. The van der Waals surface area contributed by atoms with E-state index in [1.807, 2.05) is 40.0 Å². The zero-order valence-corrected chi connectivity index (χ0v) is 17.7. The molecule has 1 amide bonds. The molecule has 6 heteroatoms. The Labute approximate surface area is 178 Å². The number of amides is 1. The van der Waals surface area contributed by atoms with Crippen LogP contribution in [0.1, 0.15) is 43.0 Å². The maximum absolute atomic E-state index is 13.1. The molecule has 2 aromatic carbocycles. The molecule has 2 aliphatic rings. The molecule has 0 bridgehead atoms. The van der Waals surface area contributed by atoms with Crippen LogP contribution in [0.15, 0.2) is 65.4 Å². The number of carbonyl (C=O) groups is 1. The first-order chi connectivity index (χ1) is 14.1. The highest BCUT2D eigenvalue weighted by Crippen LogP contribution is 2.45. The van der Waals surface area contributed by atoms with Gasteiger partial charge in [0, 0.05) is 29.9 Å². The van der Waals surface area contributed by atoms with Gasteiger partial charge in [0.15, 0.2) is 6.10 Å². The van der Waals surface area contributed by atoms with Gasteiger partial charge in [-0.05, 0) is 46.8 Å². The molecule has 0 N–H and O–H groups in total. The van der Waals surface area contributed by atoms with Gasteiger partial charge in [0.05, 0.1) is 16.7 Å². The molecule has 0 spiro atoms. The van der Waals surface area contributed by atoms with E-state index >= 15 is 0 Å². The average Bonchev–Trinajstić information content (AvgIpc) is 3.30. The Morgan fingerprint density at radius 3 is 2.34 bits per heavy atom. The number of carbonyl (C=O) groups excluding carboxylic acids is 1. The topological polar surface area (TPSA) is 47.4 Å². The number of benzene rings is 2. The van der Waals surface area contributed by atoms with E-state index in [0.717, 1.165) is 39.6 Å². The first kappa shape index (κ1) is 18.4. The third kappa shape index (κ3) is 3.25. The Balaban J connectivity index is 1.33. The lowest BCUT2D eigenvalue weighted by molar-refractivity contribution is 0.0490. The fourth-order valence-corrected chi connectivity index (χ4v) is 4.88. The largest absolute Gasteiger partial charge is 0.436 e. The van der Waals surface area contributed by atoms with Crippen molar-refractivity contribution in [2.24, 2.45) is 0 Å². The quantitative estimate of drug-likeness (QED) is 0.510. The number of halogens is 1. The van der Waals surface area contributed by atoms with Crippen molar-refractivity contribution in [2.45, 2.75) is 38.0 Å². The molecular weight excluding hydrogens is 430 g/mol. The van der Waals surface area contributed by atoms with Crippen molar-refractivity contribution in [1.29, 1.82) is 0 Å². The van der Waals surface area contributed by atoms with Crippen molar-refractivity contribution in [1.82, 2.24) is 14.7 Å². The molecule has 5 nitrogen and oxygen atoms in total. The Kier molecular flexibility index (Phi) is 4.66. The van der Waals surface area contributed by atoms with Gasteiger partial charge < -0.3 is 9.64 Å². The molecule has 1 fully saturated rings. The smallest absolute Gasteiger partial charge is 0.410 e. The lowest BCUT2D eigenvalue weighted by Crippen LogP contribution is -2.45. The van der Waals surface area contributed by atoms with Gasteiger partial charge in [0.25, 0.3) is 0 Å². The predicted molar refractivity (Wildman–Crippen MR) is 115 cm³/mol. The van der Waals surface area contributed by atoms with Crippen LogP contribution in [0, 0.1) is 0 Å². The summed E-state index contributed by atoms with van der Waals surface area (Å²) in [6.45, 7) is 2.75. The van der Waals surface area contributed by atoms with Gasteiger partial charge in [-0.15, -0.1) is 0 Å². The Morgan fingerprint density at radius 1 is 1.10 bits per heavy atom. The van der Waals surface area contributed by atoms with Crippen LogP contribution in [0.3, 0.4) is 0 Å². The standard InChI is InChI=1S/C23H22BrN3O2/c1-15-12-17(27-14-16(24)13-25-27)10-11-26(15)23(28)29-22-20-8-4-2-6-18(20)19-7-3-5-9-21(19)22/h2-9,13-15,17,22H,10-12H2,1H3. The Hall–Kier alpha value is -2.60. The van der Waals surface area contributed by atoms with Crippen molar-refractivity contribution < 1.29 is 9.53 Å². The van der Waals surface area contributed by atoms with Gasteiger partial charge in [0.2, 0.25) is 0 Å². The fraction of sp³-hybridized carbons (Fsp3) is 0.304. The molecule has 148 valence electrons. The van der Waals surface area contributed by atoms with E-state index < -0.39 is 0 Å². The van der Waals surface area contributed by atoms with Gasteiger partial charge in [-0.2, -0.15) is 5.10 Å². The number of piperidine rings is 1. The normalized spacial score (nSPS) is 21.0. The lowest BCUT2D eigenvalue weighted by atomic mass is 9.99. The lowest BCUT2D eigenvalue weighted by Gasteiger charge is -2.37. The zero-order chi connectivity index (χ0) is 20.0. The van der Waals surface area contributed by atoms with E-state index in [-0.39, 0.29) is 18.2 Å². The molecule has 1 aliphatic carbocycles. The molecule has 2 atom stereocenters. The van der Waals surface area contributed by atoms with Crippen molar-refractivity contribution in [2.75, 3.05) is 6.54 Å². The van der Waals surface area contributed by atoms with E-state index in [4.69, 9.17) is 4.74 Å². The Morgan fingerprint density at radius 2 is 1.76 bits per heavy atom.